The summed E-state index contributed by atoms with van der Waals surface area (Å²) in [6.45, 7) is 3.10. The van der Waals surface area contributed by atoms with E-state index < -0.39 is 0 Å². The van der Waals surface area contributed by atoms with E-state index in [-0.39, 0.29) is 17.7 Å². The summed E-state index contributed by atoms with van der Waals surface area (Å²) >= 11 is 3.47. The molecule has 1 aromatic heterocycles. The summed E-state index contributed by atoms with van der Waals surface area (Å²) in [6, 6.07) is 7.45. The predicted molar refractivity (Wildman–Crippen MR) is 94.8 cm³/mol. The number of hydrogen-bond donors (Lipinski definition) is 1. The number of nitrogens with one attached hydrogen (secondary N) is 1. The minimum absolute atomic E-state index is 0.0516. The first-order valence-corrected chi connectivity index (χ1v) is 8.72. The molecule has 1 aromatic carbocycles. The van der Waals surface area contributed by atoms with Crippen LogP contribution >= 0.6 is 15.9 Å². The molecule has 126 valence electrons. The van der Waals surface area contributed by atoms with Gasteiger partial charge in [0, 0.05) is 17.6 Å². The molecule has 2 amide bonds. The molecule has 0 aliphatic carbocycles. The summed E-state index contributed by atoms with van der Waals surface area (Å²) < 4.78 is 5.83. The summed E-state index contributed by atoms with van der Waals surface area (Å²) in [5.74, 6) is -0.343. The van der Waals surface area contributed by atoms with Crippen molar-refractivity contribution in [2.45, 2.75) is 19.8 Å². The molecule has 1 saturated heterocycles. The SMILES string of the molecule is Cc1ccc(NC(=O)[C@@H]2CCCN(C(=O)c3ccoc3)C2)c(Br)c1. The Hall–Kier alpha value is -2.08. The van der Waals surface area contributed by atoms with Crippen LogP contribution in [0.25, 0.3) is 0 Å². The van der Waals surface area contributed by atoms with Crippen molar-refractivity contribution < 1.29 is 14.0 Å². The lowest BCUT2D eigenvalue weighted by Crippen LogP contribution is -2.43. The van der Waals surface area contributed by atoms with E-state index in [1.54, 1.807) is 11.0 Å². The molecule has 0 saturated carbocycles. The molecule has 0 radical (unpaired) electrons. The summed E-state index contributed by atoms with van der Waals surface area (Å²) in [4.78, 5) is 26.7. The van der Waals surface area contributed by atoms with E-state index in [0.29, 0.717) is 18.7 Å². The monoisotopic (exact) mass is 390 g/mol. The van der Waals surface area contributed by atoms with Crippen molar-refractivity contribution in [3.8, 4) is 0 Å². The number of carbonyl (C=O) groups excluding carboxylic acids is 2. The molecule has 1 aliphatic heterocycles. The summed E-state index contributed by atoms with van der Waals surface area (Å²) in [5, 5.41) is 2.96. The molecule has 0 unspecified atom stereocenters. The van der Waals surface area contributed by atoms with Gasteiger partial charge in [-0.25, -0.2) is 0 Å². The van der Waals surface area contributed by atoms with Crippen LogP contribution < -0.4 is 5.32 Å². The van der Waals surface area contributed by atoms with Crippen LogP contribution in [-0.4, -0.2) is 29.8 Å². The average molecular weight is 391 g/mol. The maximum Gasteiger partial charge on any atom is 0.257 e. The lowest BCUT2D eigenvalue weighted by molar-refractivity contribution is -0.121. The fraction of sp³-hybridized carbons (Fsp3) is 0.333. The lowest BCUT2D eigenvalue weighted by atomic mass is 9.96. The van der Waals surface area contributed by atoms with E-state index in [9.17, 15) is 9.59 Å². The normalized spacial score (nSPS) is 17.6. The molecule has 5 nitrogen and oxygen atoms in total. The van der Waals surface area contributed by atoms with Crippen LogP contribution in [0.3, 0.4) is 0 Å². The van der Waals surface area contributed by atoms with Gasteiger partial charge in [-0.3, -0.25) is 9.59 Å². The van der Waals surface area contributed by atoms with E-state index in [1.807, 2.05) is 25.1 Å². The van der Waals surface area contributed by atoms with Crippen LogP contribution in [0.1, 0.15) is 28.8 Å². The number of hydrogen-bond acceptors (Lipinski definition) is 3. The molecular weight excluding hydrogens is 372 g/mol. The van der Waals surface area contributed by atoms with Crippen LogP contribution in [-0.2, 0) is 4.79 Å². The molecule has 0 bridgehead atoms. The van der Waals surface area contributed by atoms with E-state index in [0.717, 1.165) is 28.6 Å². The Labute approximate surface area is 149 Å². The second-order valence-corrected chi connectivity index (χ2v) is 6.93. The topological polar surface area (TPSA) is 62.6 Å². The summed E-state index contributed by atoms with van der Waals surface area (Å²) in [6.07, 6.45) is 4.52. The minimum atomic E-state index is -0.206. The van der Waals surface area contributed by atoms with Gasteiger partial charge in [0.25, 0.3) is 5.91 Å². The van der Waals surface area contributed by atoms with E-state index >= 15 is 0 Å². The summed E-state index contributed by atoms with van der Waals surface area (Å²) in [7, 11) is 0. The minimum Gasteiger partial charge on any atom is -0.472 e. The predicted octanol–water partition coefficient (Wildman–Crippen LogP) is 3.84. The summed E-state index contributed by atoms with van der Waals surface area (Å²) in [5.41, 5.74) is 2.40. The Morgan fingerprint density at radius 1 is 1.33 bits per heavy atom. The first-order chi connectivity index (χ1) is 11.5. The Kier molecular flexibility index (Phi) is 5.04. The molecular formula is C18H19BrN2O3. The molecule has 1 atom stereocenters. The largest absolute Gasteiger partial charge is 0.472 e. The van der Waals surface area contributed by atoms with Crippen molar-refractivity contribution in [1.29, 1.82) is 0 Å². The second-order valence-electron chi connectivity index (χ2n) is 6.07. The zero-order chi connectivity index (χ0) is 17.1. The third kappa shape index (κ3) is 3.70. The first kappa shape index (κ1) is 16.8. The van der Waals surface area contributed by atoms with Gasteiger partial charge < -0.3 is 14.6 Å². The molecule has 1 fully saturated rings. The third-order valence-electron chi connectivity index (χ3n) is 4.23. The van der Waals surface area contributed by atoms with Crippen molar-refractivity contribution in [3.05, 3.63) is 52.4 Å². The molecule has 1 aliphatic rings. The highest BCUT2D eigenvalue weighted by Gasteiger charge is 2.29. The third-order valence-corrected chi connectivity index (χ3v) is 4.89. The van der Waals surface area contributed by atoms with Gasteiger partial charge in [0.2, 0.25) is 5.91 Å². The smallest absolute Gasteiger partial charge is 0.257 e. The highest BCUT2D eigenvalue weighted by Crippen LogP contribution is 2.26. The van der Waals surface area contributed by atoms with E-state index in [1.165, 1.54) is 12.5 Å². The zero-order valence-electron chi connectivity index (χ0n) is 13.4. The Balaban J connectivity index is 1.65. The van der Waals surface area contributed by atoms with Crippen LogP contribution in [0.5, 0.6) is 0 Å². The van der Waals surface area contributed by atoms with Gasteiger partial charge in [-0.15, -0.1) is 0 Å². The molecule has 6 heteroatoms. The van der Waals surface area contributed by atoms with Crippen LogP contribution in [0.4, 0.5) is 5.69 Å². The highest BCUT2D eigenvalue weighted by atomic mass is 79.9. The highest BCUT2D eigenvalue weighted by molar-refractivity contribution is 9.10. The molecule has 0 spiro atoms. The van der Waals surface area contributed by atoms with Gasteiger partial charge in [0.15, 0.2) is 0 Å². The van der Waals surface area contributed by atoms with Gasteiger partial charge in [0.1, 0.15) is 6.26 Å². The number of benzene rings is 1. The van der Waals surface area contributed by atoms with Gasteiger partial charge in [0.05, 0.1) is 23.4 Å². The molecule has 24 heavy (non-hydrogen) atoms. The van der Waals surface area contributed by atoms with E-state index in [2.05, 4.69) is 21.2 Å². The van der Waals surface area contributed by atoms with Crippen molar-refractivity contribution in [2.24, 2.45) is 5.92 Å². The molecule has 1 N–H and O–H groups in total. The van der Waals surface area contributed by atoms with Crippen molar-refractivity contribution in [2.75, 3.05) is 18.4 Å². The van der Waals surface area contributed by atoms with Crippen molar-refractivity contribution in [1.82, 2.24) is 4.90 Å². The van der Waals surface area contributed by atoms with Crippen molar-refractivity contribution >= 4 is 33.4 Å². The number of nitrogens with zero attached hydrogens (tertiary/aromatic N) is 1. The fourth-order valence-electron chi connectivity index (χ4n) is 2.90. The Morgan fingerprint density at radius 3 is 2.88 bits per heavy atom. The van der Waals surface area contributed by atoms with Gasteiger partial charge in [-0.2, -0.15) is 0 Å². The fourth-order valence-corrected chi connectivity index (χ4v) is 3.49. The van der Waals surface area contributed by atoms with Crippen LogP contribution in [0, 0.1) is 12.8 Å². The van der Waals surface area contributed by atoms with Gasteiger partial charge in [-0.1, -0.05) is 6.07 Å². The lowest BCUT2D eigenvalue weighted by Gasteiger charge is -2.31. The molecule has 3 rings (SSSR count). The molecule has 2 heterocycles. The number of carbonyl (C=O) groups is 2. The quantitative estimate of drug-likeness (QED) is 0.865. The molecule has 2 aromatic rings. The Morgan fingerprint density at radius 2 is 2.17 bits per heavy atom. The number of rotatable bonds is 3. The number of anilines is 1. The standard InChI is InChI=1S/C18H19BrN2O3/c1-12-4-5-16(15(19)9-12)20-17(22)13-3-2-7-21(10-13)18(23)14-6-8-24-11-14/h4-6,8-9,11,13H,2-3,7,10H2,1H3,(H,20,22)/t13-/m1/s1. The Bertz CT molecular complexity index is 743. The maximum atomic E-state index is 12.6. The number of furan rings is 1. The van der Waals surface area contributed by atoms with Gasteiger partial charge >= 0.3 is 0 Å². The maximum absolute atomic E-state index is 12.6. The second kappa shape index (κ2) is 7.21. The van der Waals surface area contributed by atoms with Crippen LogP contribution in [0.2, 0.25) is 0 Å². The number of halogens is 1. The number of amides is 2. The van der Waals surface area contributed by atoms with Crippen molar-refractivity contribution in [3.63, 3.8) is 0 Å². The zero-order valence-corrected chi connectivity index (χ0v) is 15.0. The van der Waals surface area contributed by atoms with E-state index in [4.69, 9.17) is 4.42 Å². The first-order valence-electron chi connectivity index (χ1n) is 7.93. The number of piperidine rings is 1. The number of likely N-dealkylation sites (tertiary alicyclic amines) is 1. The van der Waals surface area contributed by atoms with Crippen LogP contribution in [0.15, 0.2) is 45.7 Å². The number of aryl methyl sites for hydroxylation is 1. The average Bonchev–Trinajstić information content (AvgIpc) is 3.11. The van der Waals surface area contributed by atoms with Gasteiger partial charge in [-0.05, 0) is 59.5 Å².